The fourth-order valence-electron chi connectivity index (χ4n) is 0.438. The fourth-order valence-corrected chi connectivity index (χ4v) is 0.438. The van der Waals surface area contributed by atoms with Crippen LogP contribution in [0.2, 0.25) is 0 Å². The minimum Gasteiger partial charge on any atom is -0.255 e. The Kier molecular flexibility index (Phi) is 1.27. The zero-order valence-corrected chi connectivity index (χ0v) is 4.26. The second-order valence-electron chi connectivity index (χ2n) is 1.55. The summed E-state index contributed by atoms with van der Waals surface area (Å²) in [5, 5.41) is 0. The van der Waals surface area contributed by atoms with Crippen molar-refractivity contribution in [3.05, 3.63) is 0 Å². The van der Waals surface area contributed by atoms with Crippen molar-refractivity contribution in [3.63, 3.8) is 0 Å². The maximum Gasteiger partial charge on any atom is 0.415 e. The number of halogens is 3. The van der Waals surface area contributed by atoms with E-state index in [0.717, 1.165) is 12.6 Å². The quantitative estimate of drug-likeness (QED) is 0.475. The summed E-state index contributed by atoms with van der Waals surface area (Å²) in [5.41, 5.74) is 0. The first-order valence-electron chi connectivity index (χ1n) is 2.22. The van der Waals surface area contributed by atoms with E-state index in [1.807, 2.05) is 0 Å². The maximum absolute atomic E-state index is 11.6. The molecular weight excluding hydrogens is 133 g/mol. The third kappa shape index (κ3) is 1.28. The molecule has 1 rings (SSSR count). The van der Waals surface area contributed by atoms with Crippen molar-refractivity contribution in [2.24, 2.45) is 9.98 Å². The molecule has 0 saturated heterocycles. The van der Waals surface area contributed by atoms with Gasteiger partial charge in [0.25, 0.3) is 0 Å². The van der Waals surface area contributed by atoms with Crippen molar-refractivity contribution < 1.29 is 13.2 Å². The molecule has 1 atom stereocenters. The van der Waals surface area contributed by atoms with Crippen LogP contribution in [0.1, 0.15) is 0 Å². The first-order chi connectivity index (χ1) is 4.11. The lowest BCUT2D eigenvalue weighted by Gasteiger charge is -2.06. The highest BCUT2D eigenvalue weighted by atomic mass is 19.4. The third-order valence-corrected chi connectivity index (χ3v) is 0.857. The number of hydrogen-bond donors (Lipinski definition) is 0. The summed E-state index contributed by atoms with van der Waals surface area (Å²) < 4.78 is 34.7. The summed E-state index contributed by atoms with van der Waals surface area (Å²) in [6.07, 6.45) is -2.60. The van der Waals surface area contributed by atoms with Gasteiger partial charge >= 0.3 is 6.18 Å². The molecule has 0 radical (unpaired) electrons. The number of alkyl halides is 3. The number of nitrogens with zero attached hydrogens (tertiary/aromatic N) is 2. The minimum atomic E-state index is -4.27. The Bertz CT molecular complexity index is 146. The molecule has 0 aromatic rings. The van der Waals surface area contributed by atoms with Gasteiger partial charge in [-0.15, -0.1) is 0 Å². The van der Waals surface area contributed by atoms with Crippen molar-refractivity contribution in [3.8, 4) is 0 Å². The molecule has 2 nitrogen and oxygen atoms in total. The summed E-state index contributed by atoms with van der Waals surface area (Å²) in [6.45, 7) is 0. The normalized spacial score (nSPS) is 25.4. The molecule has 0 fully saturated rings. The monoisotopic (exact) mass is 136 g/mol. The van der Waals surface area contributed by atoms with Crippen molar-refractivity contribution in [2.45, 2.75) is 12.2 Å². The lowest BCUT2D eigenvalue weighted by atomic mass is 10.3. The average molecular weight is 136 g/mol. The Labute approximate surface area is 49.1 Å². The highest BCUT2D eigenvalue weighted by Gasteiger charge is 2.39. The molecule has 1 aliphatic rings. The van der Waals surface area contributed by atoms with Gasteiger partial charge in [-0.05, 0) is 0 Å². The van der Waals surface area contributed by atoms with Crippen LogP contribution in [0.5, 0.6) is 0 Å². The van der Waals surface area contributed by atoms with Gasteiger partial charge in [0.05, 0.1) is 0 Å². The summed E-state index contributed by atoms with van der Waals surface area (Å²) in [6, 6.07) is -1.71. The van der Waals surface area contributed by atoms with Crippen LogP contribution < -0.4 is 0 Å². The second kappa shape index (κ2) is 1.82. The van der Waals surface area contributed by atoms with Crippen LogP contribution in [-0.2, 0) is 0 Å². The predicted molar refractivity (Wildman–Crippen MR) is 26.8 cm³/mol. The summed E-state index contributed by atoms with van der Waals surface area (Å²) in [4.78, 5) is 6.23. The van der Waals surface area contributed by atoms with E-state index in [4.69, 9.17) is 0 Å². The van der Waals surface area contributed by atoms with Crippen molar-refractivity contribution >= 4 is 12.6 Å². The van der Waals surface area contributed by atoms with E-state index in [-0.39, 0.29) is 0 Å². The van der Waals surface area contributed by atoms with Gasteiger partial charge in [0.1, 0.15) is 6.34 Å². The van der Waals surface area contributed by atoms with Gasteiger partial charge < -0.3 is 0 Å². The highest BCUT2D eigenvalue weighted by Crippen LogP contribution is 2.22. The van der Waals surface area contributed by atoms with Crippen molar-refractivity contribution in [1.82, 2.24) is 0 Å². The second-order valence-corrected chi connectivity index (χ2v) is 1.55. The lowest BCUT2D eigenvalue weighted by Crippen LogP contribution is -2.26. The van der Waals surface area contributed by atoms with Crippen LogP contribution >= 0.6 is 0 Å². The van der Waals surface area contributed by atoms with E-state index in [2.05, 4.69) is 9.98 Å². The highest BCUT2D eigenvalue weighted by molar-refractivity contribution is 5.82. The number of aliphatic imine (C=N–C) groups is 2. The van der Waals surface area contributed by atoms with E-state index in [1.165, 1.54) is 0 Å². The Balaban J connectivity index is 2.64. The molecule has 0 saturated carbocycles. The van der Waals surface area contributed by atoms with Gasteiger partial charge in [0.2, 0.25) is 0 Å². The van der Waals surface area contributed by atoms with Crippen LogP contribution in [0.3, 0.4) is 0 Å². The molecule has 1 heterocycles. The lowest BCUT2D eigenvalue weighted by molar-refractivity contribution is -0.130. The molecule has 5 heteroatoms. The molecule has 1 aliphatic heterocycles. The van der Waals surface area contributed by atoms with Gasteiger partial charge in [-0.2, -0.15) is 13.2 Å². The average Bonchev–Trinajstić information content (AvgIpc) is 2.08. The fraction of sp³-hybridized carbons (Fsp3) is 0.500. The van der Waals surface area contributed by atoms with Crippen molar-refractivity contribution in [2.75, 3.05) is 0 Å². The standard InChI is InChI=1S/C4H3F3N2/c5-4(6,7)3-1-8-2-9-3/h1-3H/t3-/m0/s1. The van der Waals surface area contributed by atoms with E-state index < -0.39 is 12.2 Å². The van der Waals surface area contributed by atoms with E-state index in [0.29, 0.717) is 0 Å². The van der Waals surface area contributed by atoms with Crippen molar-refractivity contribution in [1.29, 1.82) is 0 Å². The third-order valence-electron chi connectivity index (χ3n) is 0.857. The van der Waals surface area contributed by atoms with Crippen LogP contribution in [0.15, 0.2) is 9.98 Å². The van der Waals surface area contributed by atoms with Gasteiger partial charge in [-0.25, -0.2) is 4.99 Å². The molecule has 0 N–H and O–H groups in total. The molecular formula is C4H3F3N2. The van der Waals surface area contributed by atoms with Crippen LogP contribution in [0.4, 0.5) is 13.2 Å². The Morgan fingerprint density at radius 2 is 2.00 bits per heavy atom. The van der Waals surface area contributed by atoms with E-state index in [1.54, 1.807) is 0 Å². The molecule has 0 aliphatic carbocycles. The molecule has 0 amide bonds. The Morgan fingerprint density at radius 1 is 1.33 bits per heavy atom. The summed E-state index contributed by atoms with van der Waals surface area (Å²) >= 11 is 0. The largest absolute Gasteiger partial charge is 0.415 e. The molecule has 0 aromatic heterocycles. The van der Waals surface area contributed by atoms with Crippen LogP contribution in [0.25, 0.3) is 0 Å². The molecule has 0 bridgehead atoms. The number of hydrogen-bond acceptors (Lipinski definition) is 2. The molecule has 0 spiro atoms. The zero-order valence-electron chi connectivity index (χ0n) is 4.26. The van der Waals surface area contributed by atoms with Gasteiger partial charge in [-0.3, -0.25) is 4.99 Å². The molecule has 0 aromatic carbocycles. The van der Waals surface area contributed by atoms with Gasteiger partial charge in [-0.1, -0.05) is 0 Å². The predicted octanol–water partition coefficient (Wildman–Crippen LogP) is 1.03. The summed E-state index contributed by atoms with van der Waals surface area (Å²) in [5.74, 6) is 0. The van der Waals surface area contributed by atoms with Crippen LogP contribution in [-0.4, -0.2) is 24.8 Å². The first kappa shape index (κ1) is 6.25. The molecule has 0 unspecified atom stereocenters. The van der Waals surface area contributed by atoms with Gasteiger partial charge in [0, 0.05) is 6.21 Å². The Hall–Kier alpha value is -0.870. The van der Waals surface area contributed by atoms with Gasteiger partial charge in [0.15, 0.2) is 6.04 Å². The maximum atomic E-state index is 11.6. The molecule has 9 heavy (non-hydrogen) atoms. The number of rotatable bonds is 0. The minimum absolute atomic E-state index is 0.764. The molecule has 50 valence electrons. The summed E-state index contributed by atoms with van der Waals surface area (Å²) in [7, 11) is 0. The van der Waals surface area contributed by atoms with E-state index in [9.17, 15) is 13.2 Å². The SMILES string of the molecule is FC(F)(F)[C@@H]1C=NC=N1. The van der Waals surface area contributed by atoms with E-state index >= 15 is 0 Å². The zero-order chi connectivity index (χ0) is 6.91. The van der Waals surface area contributed by atoms with Crippen LogP contribution in [0, 0.1) is 0 Å². The Morgan fingerprint density at radius 3 is 2.22 bits per heavy atom. The first-order valence-corrected chi connectivity index (χ1v) is 2.22. The topological polar surface area (TPSA) is 24.7 Å². The smallest absolute Gasteiger partial charge is 0.255 e.